The highest BCUT2D eigenvalue weighted by Gasteiger charge is 2.38. The number of sulfone groups is 1. The van der Waals surface area contributed by atoms with Crippen LogP contribution in [-0.2, 0) is 34.1 Å². The number of carbonyl (C=O) groups excluding carboxylic acids is 2. The van der Waals surface area contributed by atoms with Gasteiger partial charge in [-0.3, -0.25) is 4.79 Å². The zero-order chi connectivity index (χ0) is 35.0. The fraction of sp³-hybridized carbons (Fsp3) is 0.237. The molecule has 1 unspecified atom stereocenters. The Hall–Kier alpha value is -5.49. The molecule has 1 fully saturated rings. The third-order valence-electron chi connectivity index (χ3n) is 9.25. The van der Waals surface area contributed by atoms with Crippen molar-refractivity contribution in [1.82, 2.24) is 14.8 Å². The second-order valence-electron chi connectivity index (χ2n) is 12.9. The van der Waals surface area contributed by atoms with E-state index in [4.69, 9.17) is 5.73 Å². The minimum absolute atomic E-state index is 0.0377. The molecule has 1 aliphatic carbocycles. The van der Waals surface area contributed by atoms with Crippen molar-refractivity contribution in [2.75, 3.05) is 30.0 Å². The molecule has 4 N–H and O–H groups in total. The largest absolute Gasteiger partial charge is 0.383 e. The Morgan fingerprint density at radius 1 is 0.960 bits per heavy atom. The third-order valence-corrected chi connectivity index (χ3v) is 11.6. The fourth-order valence-electron chi connectivity index (χ4n) is 6.40. The maximum atomic E-state index is 14.8. The van der Waals surface area contributed by atoms with E-state index >= 15 is 0 Å². The number of benzene rings is 4. The number of rotatable bonds is 6. The Balaban J connectivity index is 1.31. The molecule has 4 bridgehead atoms. The average molecular weight is 693 g/mol. The lowest BCUT2D eigenvalue weighted by Crippen LogP contribution is -2.36. The van der Waals surface area contributed by atoms with Gasteiger partial charge in [0.25, 0.3) is 0 Å². The quantitative estimate of drug-likeness (QED) is 0.190. The van der Waals surface area contributed by atoms with Crippen LogP contribution in [0.25, 0.3) is 10.8 Å². The molecule has 0 saturated heterocycles. The van der Waals surface area contributed by atoms with Gasteiger partial charge >= 0.3 is 6.03 Å². The van der Waals surface area contributed by atoms with E-state index in [0.717, 1.165) is 17.3 Å². The number of hydrogen-bond donors (Lipinski definition) is 3. The minimum atomic E-state index is -3.64. The van der Waals surface area contributed by atoms with E-state index in [9.17, 15) is 22.4 Å². The van der Waals surface area contributed by atoms with Gasteiger partial charge in [0.05, 0.1) is 16.3 Å². The topological polar surface area (TPSA) is 138 Å². The first-order valence-corrected chi connectivity index (χ1v) is 18.0. The first kappa shape index (κ1) is 33.0. The van der Waals surface area contributed by atoms with E-state index < -0.39 is 26.9 Å². The van der Waals surface area contributed by atoms with Gasteiger partial charge < -0.3 is 26.2 Å². The number of urea groups is 1. The number of likely N-dealkylation sites (N-methyl/N-ethyl adjacent to an activating group) is 1. The Bertz CT molecular complexity index is 2210. The van der Waals surface area contributed by atoms with E-state index in [1.165, 1.54) is 11.0 Å². The molecule has 7 rings (SSSR count). The van der Waals surface area contributed by atoms with Gasteiger partial charge in [-0.15, -0.1) is 0 Å². The number of nitrogens with zero attached hydrogens (tertiary/aromatic N) is 3. The molecule has 2 heterocycles. The number of hydrogen-bond acceptors (Lipinski definition) is 7. The summed E-state index contributed by atoms with van der Waals surface area (Å²) in [5.41, 5.74) is 9.83. The summed E-state index contributed by atoms with van der Waals surface area (Å²) in [6, 6.07) is 25.8. The molecule has 1 aliphatic heterocycles. The number of nitrogens with two attached hydrogens (primary N) is 1. The number of nitrogen functional groups attached to an aromatic ring is 1. The van der Waals surface area contributed by atoms with E-state index in [2.05, 4.69) is 15.6 Å². The SMILES string of the molecule is CN1Cc2cc(ccc2S(=O)(=O)C2CC2)NC(=O)N(Cc2ccccc2)CCc2cccc(c2)C(Nc2ccc3c(N)ncc(F)c3c2)C1=O. The van der Waals surface area contributed by atoms with Gasteiger partial charge in [-0.25, -0.2) is 22.6 Å². The lowest BCUT2D eigenvalue weighted by Gasteiger charge is -2.27. The van der Waals surface area contributed by atoms with Crippen molar-refractivity contribution in [1.29, 1.82) is 0 Å². The van der Waals surface area contributed by atoms with Crippen LogP contribution < -0.4 is 16.4 Å². The summed E-state index contributed by atoms with van der Waals surface area (Å²) in [5, 5.41) is 6.54. The zero-order valence-corrected chi connectivity index (χ0v) is 28.3. The maximum absolute atomic E-state index is 14.8. The highest BCUT2D eigenvalue weighted by Crippen LogP contribution is 2.37. The molecule has 10 nitrogen and oxygen atoms in total. The van der Waals surface area contributed by atoms with E-state index in [0.29, 0.717) is 60.2 Å². The van der Waals surface area contributed by atoms with Crippen molar-refractivity contribution < 1.29 is 22.4 Å². The number of amides is 3. The summed E-state index contributed by atoms with van der Waals surface area (Å²) in [5.74, 6) is -0.682. The molecule has 1 aromatic heterocycles. The molecule has 0 spiro atoms. The summed E-state index contributed by atoms with van der Waals surface area (Å²) >= 11 is 0. The summed E-state index contributed by atoms with van der Waals surface area (Å²) in [4.78, 5) is 35.4. The second-order valence-corrected chi connectivity index (χ2v) is 15.1. The van der Waals surface area contributed by atoms with Gasteiger partial charge in [0.1, 0.15) is 17.7 Å². The van der Waals surface area contributed by atoms with Crippen molar-refractivity contribution in [2.24, 2.45) is 0 Å². The Kier molecular flexibility index (Phi) is 8.87. The Morgan fingerprint density at radius 2 is 1.76 bits per heavy atom. The molecular formula is C38H37FN6O4S. The van der Waals surface area contributed by atoms with E-state index in [1.54, 1.807) is 42.3 Å². The normalized spacial score (nSPS) is 17.2. The molecular weight excluding hydrogens is 656 g/mol. The van der Waals surface area contributed by atoms with Crippen LogP contribution in [0.4, 0.5) is 26.4 Å². The van der Waals surface area contributed by atoms with E-state index in [1.807, 2.05) is 54.6 Å². The molecule has 1 atom stereocenters. The van der Waals surface area contributed by atoms with Gasteiger partial charge in [0, 0.05) is 48.8 Å². The smallest absolute Gasteiger partial charge is 0.322 e. The van der Waals surface area contributed by atoms with Gasteiger partial charge in [-0.1, -0.05) is 54.6 Å². The molecule has 1 saturated carbocycles. The number of nitrogens with one attached hydrogen (secondary N) is 2. The van der Waals surface area contributed by atoms with Gasteiger partial charge in [0.15, 0.2) is 9.84 Å². The molecule has 5 aromatic rings. The summed E-state index contributed by atoms with van der Waals surface area (Å²) < 4.78 is 42.0. The Labute approximate surface area is 290 Å². The molecule has 3 amide bonds. The molecule has 12 heteroatoms. The number of carbonyl (C=O) groups is 2. The predicted octanol–water partition coefficient (Wildman–Crippen LogP) is 6.29. The number of fused-ring (bicyclic) bond motifs is 5. The lowest BCUT2D eigenvalue weighted by molar-refractivity contribution is -0.131. The fourth-order valence-corrected chi connectivity index (χ4v) is 8.26. The van der Waals surface area contributed by atoms with Crippen LogP contribution >= 0.6 is 0 Å². The van der Waals surface area contributed by atoms with Crippen molar-refractivity contribution in [2.45, 2.75) is 48.5 Å². The average Bonchev–Trinajstić information content (AvgIpc) is 3.97. The van der Waals surface area contributed by atoms with Crippen molar-refractivity contribution in [3.8, 4) is 0 Å². The number of anilines is 3. The van der Waals surface area contributed by atoms with Crippen LogP contribution in [-0.4, -0.2) is 54.0 Å². The predicted molar refractivity (Wildman–Crippen MR) is 192 cm³/mol. The Morgan fingerprint density at radius 3 is 2.54 bits per heavy atom. The second kappa shape index (κ2) is 13.4. The number of aromatic nitrogens is 1. The highest BCUT2D eigenvalue weighted by molar-refractivity contribution is 7.92. The van der Waals surface area contributed by atoms with Crippen LogP contribution in [0.3, 0.4) is 0 Å². The lowest BCUT2D eigenvalue weighted by atomic mass is 10.00. The number of halogens is 1. The van der Waals surface area contributed by atoms with Crippen LogP contribution in [0.2, 0.25) is 0 Å². The molecule has 256 valence electrons. The highest BCUT2D eigenvalue weighted by atomic mass is 32.2. The first-order chi connectivity index (χ1) is 24.1. The maximum Gasteiger partial charge on any atom is 0.322 e. The first-order valence-electron chi connectivity index (χ1n) is 16.5. The van der Waals surface area contributed by atoms with Crippen molar-refractivity contribution >= 4 is 49.7 Å². The van der Waals surface area contributed by atoms with Crippen LogP contribution in [0.5, 0.6) is 0 Å². The zero-order valence-electron chi connectivity index (χ0n) is 27.5. The van der Waals surface area contributed by atoms with Gasteiger partial charge in [-0.05, 0) is 77.9 Å². The van der Waals surface area contributed by atoms with Crippen molar-refractivity contribution in [3.05, 3.63) is 125 Å². The molecule has 4 aromatic carbocycles. The minimum Gasteiger partial charge on any atom is -0.383 e. The number of pyridine rings is 1. The molecule has 50 heavy (non-hydrogen) atoms. The van der Waals surface area contributed by atoms with Crippen LogP contribution in [0, 0.1) is 5.82 Å². The molecule has 0 radical (unpaired) electrons. The third kappa shape index (κ3) is 6.84. The van der Waals surface area contributed by atoms with Crippen molar-refractivity contribution in [3.63, 3.8) is 0 Å². The summed E-state index contributed by atoms with van der Waals surface area (Å²) in [7, 11) is -2.03. The van der Waals surface area contributed by atoms with E-state index in [-0.39, 0.29) is 34.6 Å². The van der Waals surface area contributed by atoms with Crippen LogP contribution in [0.1, 0.15) is 41.1 Å². The molecule has 2 aliphatic rings. The standard InChI is InChI=1S/C38H37FN6O4S/c1-44-23-27-19-28(11-15-34(27)50(48,49)30-12-13-30)43-38(47)45(22-25-6-3-2-4-7-25)17-16-24-8-5-9-26(18-24)35(37(44)46)42-29-10-14-31-32(20-29)33(39)21-41-36(31)40/h2-11,14-15,18-21,30,35,42H,12-13,16-17,22-23H2,1H3,(H2,40,41)(H,43,47). The van der Waals surface area contributed by atoms with Crippen LogP contribution in [0.15, 0.2) is 102 Å². The van der Waals surface area contributed by atoms with Gasteiger partial charge in [-0.2, -0.15) is 0 Å². The monoisotopic (exact) mass is 692 g/mol. The summed E-state index contributed by atoms with van der Waals surface area (Å²) in [6.07, 6.45) is 2.73. The van der Waals surface area contributed by atoms with Gasteiger partial charge in [0.2, 0.25) is 5.91 Å². The summed E-state index contributed by atoms with van der Waals surface area (Å²) in [6.45, 7) is 0.692.